The Morgan fingerprint density at radius 2 is 1.19 bits per heavy atom. The molecule has 0 unspecified atom stereocenters. The van der Waals surface area contributed by atoms with Gasteiger partial charge in [0.05, 0.1) is 0 Å². The van der Waals surface area contributed by atoms with Crippen LogP contribution in [0.5, 0.6) is 0 Å². The highest BCUT2D eigenvalue weighted by Gasteiger charge is 2.06. The van der Waals surface area contributed by atoms with Gasteiger partial charge in [-0.3, -0.25) is 0 Å². The zero-order chi connectivity index (χ0) is 18.1. The number of anilines is 2. The fraction of sp³-hybridized carbons (Fsp3) is 0. The van der Waals surface area contributed by atoms with Gasteiger partial charge in [-0.25, -0.2) is 0 Å². The molecule has 0 aliphatic heterocycles. The molecule has 0 aliphatic carbocycles. The molecule has 1 N–H and O–H groups in total. The van der Waals surface area contributed by atoms with Gasteiger partial charge in [-0.1, -0.05) is 91.0 Å². The van der Waals surface area contributed by atoms with Gasteiger partial charge in [0.1, 0.15) is 0 Å². The van der Waals surface area contributed by atoms with E-state index in [0.717, 1.165) is 11.4 Å². The number of fused-ring (bicyclic) bond motifs is 3. The minimum absolute atomic E-state index is 1.10. The molecule has 5 aromatic carbocycles. The SMILES string of the molecule is c1ccc(-c2ccccc2Nc2ccc3c(ccc4ccccc43)c2)cc1. The second-order valence-electron chi connectivity index (χ2n) is 6.76. The number of rotatable bonds is 3. The molecule has 27 heavy (non-hydrogen) atoms. The molecule has 0 aromatic heterocycles. The molecule has 0 saturated heterocycles. The standard InChI is InChI=1S/C26H19N/c1-2-8-19(9-3-1)25-12-6-7-13-26(25)27-22-16-17-24-21(18-22)15-14-20-10-4-5-11-23(20)24/h1-18,27H. The van der Waals surface area contributed by atoms with Crippen LogP contribution in [0.25, 0.3) is 32.7 Å². The van der Waals surface area contributed by atoms with E-state index in [-0.39, 0.29) is 0 Å². The number of nitrogens with one attached hydrogen (secondary N) is 1. The highest BCUT2D eigenvalue weighted by molar-refractivity contribution is 6.08. The lowest BCUT2D eigenvalue weighted by atomic mass is 10.0. The molecule has 0 spiro atoms. The van der Waals surface area contributed by atoms with Crippen molar-refractivity contribution < 1.29 is 0 Å². The Bertz CT molecular complexity index is 1240. The Kier molecular flexibility index (Phi) is 3.84. The van der Waals surface area contributed by atoms with Crippen molar-refractivity contribution in [3.05, 3.63) is 109 Å². The van der Waals surface area contributed by atoms with Gasteiger partial charge in [0.25, 0.3) is 0 Å². The van der Waals surface area contributed by atoms with Crippen molar-refractivity contribution in [3.8, 4) is 11.1 Å². The van der Waals surface area contributed by atoms with Crippen LogP contribution >= 0.6 is 0 Å². The van der Waals surface area contributed by atoms with Crippen molar-refractivity contribution in [1.82, 2.24) is 0 Å². The lowest BCUT2D eigenvalue weighted by molar-refractivity contribution is 1.54. The van der Waals surface area contributed by atoms with Gasteiger partial charge in [-0.2, -0.15) is 0 Å². The van der Waals surface area contributed by atoms with Crippen molar-refractivity contribution in [1.29, 1.82) is 0 Å². The lowest BCUT2D eigenvalue weighted by Crippen LogP contribution is -1.93. The van der Waals surface area contributed by atoms with E-state index in [1.54, 1.807) is 0 Å². The van der Waals surface area contributed by atoms with E-state index in [1.165, 1.54) is 32.7 Å². The van der Waals surface area contributed by atoms with Crippen molar-refractivity contribution in [2.45, 2.75) is 0 Å². The van der Waals surface area contributed by atoms with E-state index in [9.17, 15) is 0 Å². The molecule has 0 saturated carbocycles. The second-order valence-corrected chi connectivity index (χ2v) is 6.76. The predicted octanol–water partition coefficient (Wildman–Crippen LogP) is 7.40. The summed E-state index contributed by atoms with van der Waals surface area (Å²) in [7, 11) is 0. The first-order valence-corrected chi connectivity index (χ1v) is 9.21. The zero-order valence-electron chi connectivity index (χ0n) is 14.9. The second kappa shape index (κ2) is 6.62. The minimum Gasteiger partial charge on any atom is -0.355 e. The van der Waals surface area contributed by atoms with E-state index < -0.39 is 0 Å². The first-order chi connectivity index (χ1) is 13.4. The Morgan fingerprint density at radius 3 is 2.11 bits per heavy atom. The average molecular weight is 345 g/mol. The molecule has 1 heteroatoms. The van der Waals surface area contributed by atoms with Crippen LogP contribution in [0.15, 0.2) is 109 Å². The summed E-state index contributed by atoms with van der Waals surface area (Å²) in [5, 5.41) is 8.72. The third-order valence-corrected chi connectivity index (χ3v) is 5.04. The maximum absolute atomic E-state index is 3.61. The molecular formula is C26H19N. The van der Waals surface area contributed by atoms with Crippen molar-refractivity contribution >= 4 is 32.9 Å². The Hall–Kier alpha value is -3.58. The highest BCUT2D eigenvalue weighted by atomic mass is 14.9. The predicted molar refractivity (Wildman–Crippen MR) is 117 cm³/mol. The minimum atomic E-state index is 1.10. The number of para-hydroxylation sites is 1. The van der Waals surface area contributed by atoms with E-state index in [4.69, 9.17) is 0 Å². The molecule has 1 nitrogen and oxygen atoms in total. The molecule has 0 amide bonds. The summed E-state index contributed by atoms with van der Waals surface area (Å²) in [6, 6.07) is 38.5. The Balaban J connectivity index is 1.57. The van der Waals surface area contributed by atoms with Gasteiger partial charge in [0, 0.05) is 16.9 Å². The molecule has 0 fully saturated rings. The molecule has 0 atom stereocenters. The largest absolute Gasteiger partial charge is 0.355 e. The topological polar surface area (TPSA) is 12.0 Å². The summed E-state index contributed by atoms with van der Waals surface area (Å²) in [6.45, 7) is 0. The monoisotopic (exact) mass is 345 g/mol. The van der Waals surface area contributed by atoms with E-state index in [1.807, 2.05) is 6.07 Å². The summed E-state index contributed by atoms with van der Waals surface area (Å²) in [5.41, 5.74) is 4.63. The maximum Gasteiger partial charge on any atom is 0.0463 e. The third-order valence-electron chi connectivity index (χ3n) is 5.04. The van der Waals surface area contributed by atoms with Crippen molar-refractivity contribution in [2.24, 2.45) is 0 Å². The molecule has 0 heterocycles. The molecule has 0 radical (unpaired) electrons. The quantitative estimate of drug-likeness (QED) is 0.336. The summed E-state index contributed by atoms with van der Waals surface area (Å²) >= 11 is 0. The van der Waals surface area contributed by atoms with Gasteiger partial charge in [-0.15, -0.1) is 0 Å². The Labute approximate surface area is 158 Å². The lowest BCUT2D eigenvalue weighted by Gasteiger charge is -2.13. The van der Waals surface area contributed by atoms with Crippen molar-refractivity contribution in [3.63, 3.8) is 0 Å². The van der Waals surface area contributed by atoms with Crippen LogP contribution in [0.1, 0.15) is 0 Å². The molecule has 128 valence electrons. The van der Waals surface area contributed by atoms with Gasteiger partial charge in [0.15, 0.2) is 0 Å². The van der Waals surface area contributed by atoms with Crippen LogP contribution in [0, 0.1) is 0 Å². The first-order valence-electron chi connectivity index (χ1n) is 9.21. The summed E-state index contributed by atoms with van der Waals surface area (Å²) in [6.07, 6.45) is 0. The maximum atomic E-state index is 3.61. The first kappa shape index (κ1) is 15.7. The summed E-state index contributed by atoms with van der Waals surface area (Å²) in [5.74, 6) is 0. The molecule has 5 aromatic rings. The van der Waals surface area contributed by atoms with Gasteiger partial charge in [-0.05, 0) is 45.3 Å². The highest BCUT2D eigenvalue weighted by Crippen LogP contribution is 2.32. The fourth-order valence-electron chi connectivity index (χ4n) is 3.71. The Morgan fingerprint density at radius 1 is 0.481 bits per heavy atom. The molecule has 5 rings (SSSR count). The third kappa shape index (κ3) is 2.94. The number of hydrogen-bond donors (Lipinski definition) is 1. The summed E-state index contributed by atoms with van der Waals surface area (Å²) < 4.78 is 0. The van der Waals surface area contributed by atoms with Crippen LogP contribution in [0.2, 0.25) is 0 Å². The van der Waals surface area contributed by atoms with Crippen LogP contribution in [-0.2, 0) is 0 Å². The fourth-order valence-corrected chi connectivity index (χ4v) is 3.71. The molecule has 0 bridgehead atoms. The van der Waals surface area contributed by atoms with E-state index in [0.29, 0.717) is 0 Å². The van der Waals surface area contributed by atoms with Crippen LogP contribution < -0.4 is 5.32 Å². The number of benzene rings is 5. The van der Waals surface area contributed by atoms with Crippen molar-refractivity contribution in [2.75, 3.05) is 5.32 Å². The molecule has 0 aliphatic rings. The normalized spacial score (nSPS) is 11.0. The average Bonchev–Trinajstić information content (AvgIpc) is 2.74. The van der Waals surface area contributed by atoms with Gasteiger partial charge >= 0.3 is 0 Å². The van der Waals surface area contributed by atoms with Gasteiger partial charge < -0.3 is 5.32 Å². The van der Waals surface area contributed by atoms with E-state index in [2.05, 4.69) is 108 Å². The van der Waals surface area contributed by atoms with Gasteiger partial charge in [0.2, 0.25) is 0 Å². The van der Waals surface area contributed by atoms with E-state index >= 15 is 0 Å². The zero-order valence-corrected chi connectivity index (χ0v) is 14.9. The smallest absolute Gasteiger partial charge is 0.0463 e. The van der Waals surface area contributed by atoms with Crippen LogP contribution in [0.3, 0.4) is 0 Å². The van der Waals surface area contributed by atoms with Crippen LogP contribution in [-0.4, -0.2) is 0 Å². The number of hydrogen-bond acceptors (Lipinski definition) is 1. The van der Waals surface area contributed by atoms with Crippen LogP contribution in [0.4, 0.5) is 11.4 Å². The molecular weight excluding hydrogens is 326 g/mol. The summed E-state index contributed by atoms with van der Waals surface area (Å²) in [4.78, 5) is 0.